The van der Waals surface area contributed by atoms with Gasteiger partial charge in [0.15, 0.2) is 13.5 Å². The van der Waals surface area contributed by atoms with Gasteiger partial charge in [-0.2, -0.15) is 26.5 Å². The summed E-state index contributed by atoms with van der Waals surface area (Å²) in [6, 6.07) is 0. The average molecular weight is 478 g/mol. The second-order valence-corrected chi connectivity index (χ2v) is 3.93. The Kier molecular flexibility index (Phi) is 54.5. The van der Waals surface area contributed by atoms with E-state index in [-0.39, 0.29) is 0 Å². The molecular weight excluding hydrogens is 456 g/mol. The number of ether oxygens (including phenoxy) is 1. The van der Waals surface area contributed by atoms with Gasteiger partial charge in [-0.15, -0.1) is 0 Å². The molecule has 0 atom stereocenters. The molecule has 17 heteroatoms. The molecule has 4 nitrogen and oxygen atoms in total. The SMILES string of the molecule is CCCCCOCF.CF.FCC(F)(F)F.FCF.FCOF.O=S(=O)(F)F. The average Bonchev–Trinajstić information content (AvgIpc) is 2.60. The van der Waals surface area contributed by atoms with E-state index in [1.165, 1.54) is 0 Å². The van der Waals surface area contributed by atoms with Crippen molar-refractivity contribution in [3.05, 3.63) is 0 Å². The van der Waals surface area contributed by atoms with Crippen LogP contribution >= 0.6 is 0 Å². The van der Waals surface area contributed by atoms with E-state index in [9.17, 15) is 51.8 Å². The third-order valence-electron chi connectivity index (χ3n) is 1.16. The van der Waals surface area contributed by atoms with E-state index in [2.05, 4.69) is 16.6 Å². The predicted octanol–water partition coefficient (Wildman–Crippen LogP) is 6.09. The van der Waals surface area contributed by atoms with Gasteiger partial charge in [0.05, 0.1) is 7.18 Å². The molecule has 0 saturated carbocycles. The van der Waals surface area contributed by atoms with Crippen molar-refractivity contribution in [1.29, 1.82) is 0 Å². The minimum Gasteiger partial charge on any atom is -0.350 e. The summed E-state index contributed by atoms with van der Waals surface area (Å²) in [6.07, 6.45) is -1.34. The van der Waals surface area contributed by atoms with E-state index in [1.54, 1.807) is 0 Å². The van der Waals surface area contributed by atoms with Crippen molar-refractivity contribution in [2.24, 2.45) is 0 Å². The van der Waals surface area contributed by atoms with Gasteiger partial charge in [-0.1, -0.05) is 27.5 Å². The zero-order valence-corrected chi connectivity index (χ0v) is 15.6. The molecule has 0 N–H and O–H groups in total. The van der Waals surface area contributed by atoms with Crippen molar-refractivity contribution in [1.82, 2.24) is 0 Å². The summed E-state index contributed by atoms with van der Waals surface area (Å²) in [7, 11) is -5.17. The van der Waals surface area contributed by atoms with Crippen molar-refractivity contribution < 1.29 is 69.9 Å². The fraction of sp³-hybridized carbons (Fsp3) is 1.00. The van der Waals surface area contributed by atoms with Crippen LogP contribution in [0.25, 0.3) is 0 Å². The minimum absolute atomic E-state index is 0.500. The molecule has 0 spiro atoms. The fourth-order valence-electron chi connectivity index (χ4n) is 0.509. The smallest absolute Gasteiger partial charge is 0.350 e. The van der Waals surface area contributed by atoms with E-state index < -0.39 is 44.1 Å². The van der Waals surface area contributed by atoms with Crippen LogP contribution in [-0.2, 0) is 20.3 Å². The van der Waals surface area contributed by atoms with Gasteiger partial charge in [0.25, 0.3) is 0 Å². The second-order valence-electron chi connectivity index (χ2n) is 3.17. The lowest BCUT2D eigenvalue weighted by Crippen LogP contribution is -2.08. The summed E-state index contributed by atoms with van der Waals surface area (Å²) in [4.78, 5) is 2.38. The predicted molar refractivity (Wildman–Crippen MR) is 76.9 cm³/mol. The molecule has 0 heterocycles. The topological polar surface area (TPSA) is 52.6 Å². The number of halogens is 12. The van der Waals surface area contributed by atoms with E-state index >= 15 is 0 Å². The number of hydrogen-bond donors (Lipinski definition) is 0. The van der Waals surface area contributed by atoms with E-state index in [0.29, 0.717) is 13.8 Å². The molecule has 180 valence electrons. The Balaban J connectivity index is -0.0000000547. The Morgan fingerprint density at radius 3 is 1.29 bits per heavy atom. The maximum atomic E-state index is 11.2. The van der Waals surface area contributed by atoms with Crippen LogP contribution in [0.4, 0.5) is 51.8 Å². The molecule has 0 saturated heterocycles. The zero-order valence-electron chi connectivity index (χ0n) is 14.7. The van der Waals surface area contributed by atoms with Crippen LogP contribution in [-0.4, -0.2) is 55.7 Å². The van der Waals surface area contributed by atoms with Crippen LogP contribution in [0.2, 0.25) is 0 Å². The number of hydrogen-bond acceptors (Lipinski definition) is 4. The molecule has 0 rings (SSSR count). The highest BCUT2D eigenvalue weighted by molar-refractivity contribution is 7.81. The molecule has 0 aromatic carbocycles. The molecule has 0 aromatic heterocycles. The van der Waals surface area contributed by atoms with Crippen LogP contribution in [0.3, 0.4) is 0 Å². The van der Waals surface area contributed by atoms with Gasteiger partial charge in [0.2, 0.25) is 13.8 Å². The lowest BCUT2D eigenvalue weighted by molar-refractivity contribution is -0.167. The Morgan fingerprint density at radius 2 is 1.14 bits per heavy atom. The van der Waals surface area contributed by atoms with Crippen molar-refractivity contribution in [2.45, 2.75) is 32.4 Å². The summed E-state index contributed by atoms with van der Waals surface area (Å²) in [6.45, 7) is -3.28. The lowest BCUT2D eigenvalue weighted by atomic mass is 10.3. The van der Waals surface area contributed by atoms with Gasteiger partial charge < -0.3 is 4.74 Å². The first-order chi connectivity index (χ1) is 12.8. The summed E-state index contributed by atoms with van der Waals surface area (Å²) in [5, 5.41) is 0. The quantitative estimate of drug-likeness (QED) is 0.263. The van der Waals surface area contributed by atoms with Crippen molar-refractivity contribution in [2.75, 3.05) is 41.1 Å². The first kappa shape index (κ1) is 41.4. The first-order valence-electron chi connectivity index (χ1n) is 6.50. The highest BCUT2D eigenvalue weighted by Crippen LogP contribution is 2.13. The molecule has 0 aliphatic heterocycles. The molecule has 0 aliphatic carbocycles. The maximum absolute atomic E-state index is 11.2. The molecule has 0 aliphatic rings. The molecule has 0 radical (unpaired) electrons. The van der Waals surface area contributed by atoms with Gasteiger partial charge in [0, 0.05) is 6.61 Å². The third kappa shape index (κ3) is 224. The van der Waals surface area contributed by atoms with Crippen LogP contribution in [0.15, 0.2) is 0 Å². The molecule has 0 aromatic rings. The maximum Gasteiger partial charge on any atom is 0.476 e. The monoisotopic (exact) mass is 478 g/mol. The molecule has 0 unspecified atom stereocenters. The van der Waals surface area contributed by atoms with Gasteiger partial charge in [-0.3, -0.25) is 4.39 Å². The van der Waals surface area contributed by atoms with Gasteiger partial charge in [-0.05, 0) is 10.9 Å². The molecule has 0 amide bonds. The van der Waals surface area contributed by atoms with Crippen LogP contribution in [0.5, 0.6) is 0 Å². The number of alkyl halides is 9. The summed E-state index contributed by atoms with van der Waals surface area (Å²) < 4.78 is 143. The van der Waals surface area contributed by atoms with Gasteiger partial charge in [0.1, 0.15) is 0 Å². The number of unbranched alkanes of at least 4 members (excludes halogenated alkanes) is 2. The van der Waals surface area contributed by atoms with Crippen LogP contribution in [0, 0.1) is 0 Å². The highest BCUT2D eigenvalue weighted by atomic mass is 32.3. The first-order valence-corrected chi connectivity index (χ1v) is 7.79. The van der Waals surface area contributed by atoms with E-state index in [0.717, 1.165) is 19.3 Å². The number of rotatable bonds is 6. The molecule has 28 heavy (non-hydrogen) atoms. The molecule has 0 bridgehead atoms. The second kappa shape index (κ2) is 36.9. The Morgan fingerprint density at radius 1 is 0.857 bits per heavy atom. The van der Waals surface area contributed by atoms with Gasteiger partial charge >= 0.3 is 16.8 Å². The molecule has 0 fully saturated rings. The Hall–Kier alpha value is -0.970. The van der Waals surface area contributed by atoms with Crippen molar-refractivity contribution >= 4 is 10.6 Å². The minimum atomic E-state index is -5.67. The van der Waals surface area contributed by atoms with E-state index in [1.807, 2.05) is 0 Å². The normalized spacial score (nSPS) is 9.36. The van der Waals surface area contributed by atoms with E-state index in [4.69, 9.17) is 8.42 Å². The Bertz CT molecular complexity index is 301. The third-order valence-corrected chi connectivity index (χ3v) is 1.16. The van der Waals surface area contributed by atoms with Crippen molar-refractivity contribution in [3.8, 4) is 0 Å². The fourth-order valence-corrected chi connectivity index (χ4v) is 0.509. The standard InChI is InChI=1S/C6H13FO.C2H2F4.CH2F2O.CH2F2.CH3F.F2O2S/c1-2-3-4-5-8-6-7;3-1-2(4,5)6;2-1-4-3;2-1-3;1-2;1-5(2,3)4/h2-6H2,1H3;1H2;1H2;1H2;1H3;. The summed E-state index contributed by atoms with van der Waals surface area (Å²) in [5.41, 5.74) is 0. The largest absolute Gasteiger partial charge is 0.476 e. The van der Waals surface area contributed by atoms with Crippen LogP contribution in [0.1, 0.15) is 26.2 Å². The summed E-state index contributed by atoms with van der Waals surface area (Å²) in [5.74, 6) is 0. The van der Waals surface area contributed by atoms with Crippen molar-refractivity contribution in [3.63, 3.8) is 0 Å². The molecular formula is C11H22F12O4S. The van der Waals surface area contributed by atoms with Crippen LogP contribution < -0.4 is 0 Å². The summed E-state index contributed by atoms with van der Waals surface area (Å²) >= 11 is 0. The van der Waals surface area contributed by atoms with Gasteiger partial charge in [-0.25, -0.2) is 22.0 Å². The zero-order chi connectivity index (χ0) is 24.1. The Labute approximate surface area is 155 Å². The lowest BCUT2D eigenvalue weighted by Gasteiger charge is -1.95. The highest BCUT2D eigenvalue weighted by Gasteiger charge is 2.26.